The molecule has 0 bridgehead atoms. The molecule has 1 aliphatic heterocycles. The van der Waals surface area contributed by atoms with E-state index >= 15 is 0 Å². The first-order chi connectivity index (χ1) is 11.2. The average Bonchev–Trinajstić information content (AvgIpc) is 2.91. The highest BCUT2D eigenvalue weighted by molar-refractivity contribution is 6.33. The van der Waals surface area contributed by atoms with Gasteiger partial charge in [-0.05, 0) is 29.8 Å². The summed E-state index contributed by atoms with van der Waals surface area (Å²) in [4.78, 5) is 18.0. The number of carbonyl (C=O) groups excluding carboxylic acids is 1. The molecule has 6 heteroatoms. The summed E-state index contributed by atoms with van der Waals surface area (Å²) in [6.07, 6.45) is 0. The Morgan fingerprint density at radius 3 is 2.65 bits per heavy atom. The van der Waals surface area contributed by atoms with Gasteiger partial charge < -0.3 is 10.1 Å². The van der Waals surface area contributed by atoms with E-state index in [-0.39, 0.29) is 12.5 Å². The molecule has 1 aliphatic rings. The van der Waals surface area contributed by atoms with E-state index in [4.69, 9.17) is 16.3 Å². The highest BCUT2D eigenvalue weighted by atomic mass is 35.5. The molecule has 0 saturated carbocycles. The second-order valence-corrected chi connectivity index (χ2v) is 5.48. The van der Waals surface area contributed by atoms with Crippen molar-refractivity contribution < 1.29 is 9.53 Å². The molecule has 1 N–H and O–H groups in total. The van der Waals surface area contributed by atoms with Crippen LogP contribution < -0.4 is 10.1 Å². The third-order valence-corrected chi connectivity index (χ3v) is 3.87. The minimum absolute atomic E-state index is 0.0460. The number of hydrogen-bond donors (Lipinski definition) is 1. The van der Waals surface area contributed by atoms with Crippen LogP contribution >= 0.6 is 11.6 Å². The van der Waals surface area contributed by atoms with Crippen molar-refractivity contribution in [2.75, 3.05) is 19.0 Å². The summed E-state index contributed by atoms with van der Waals surface area (Å²) in [5.74, 6) is 1.25. The zero-order chi connectivity index (χ0) is 16.2. The lowest BCUT2D eigenvalue weighted by molar-refractivity contribution is -0.125. The van der Waals surface area contributed by atoms with Gasteiger partial charge in [-0.15, -0.1) is 0 Å². The van der Waals surface area contributed by atoms with Crippen molar-refractivity contribution in [3.63, 3.8) is 0 Å². The van der Waals surface area contributed by atoms with Crippen LogP contribution in [0.15, 0.2) is 53.5 Å². The van der Waals surface area contributed by atoms with E-state index in [9.17, 15) is 4.79 Å². The van der Waals surface area contributed by atoms with E-state index in [0.717, 1.165) is 17.0 Å². The largest absolute Gasteiger partial charge is 0.497 e. The molecule has 2 aromatic rings. The topological polar surface area (TPSA) is 53.9 Å². The fourth-order valence-corrected chi connectivity index (χ4v) is 2.48. The monoisotopic (exact) mass is 329 g/mol. The maximum Gasteiger partial charge on any atom is 0.251 e. The molecule has 0 unspecified atom stereocenters. The van der Waals surface area contributed by atoms with Crippen LogP contribution in [-0.2, 0) is 11.3 Å². The van der Waals surface area contributed by atoms with E-state index in [1.807, 2.05) is 42.5 Å². The number of amides is 1. The van der Waals surface area contributed by atoms with Crippen molar-refractivity contribution >= 4 is 29.2 Å². The Morgan fingerprint density at radius 2 is 1.96 bits per heavy atom. The highest BCUT2D eigenvalue weighted by Gasteiger charge is 2.26. The van der Waals surface area contributed by atoms with Crippen LogP contribution in [0.5, 0.6) is 5.75 Å². The number of para-hydroxylation sites is 1. The van der Waals surface area contributed by atoms with E-state index in [1.54, 1.807) is 18.1 Å². The number of aliphatic imine (C=N–C) groups is 1. The number of ether oxygens (including phenoxy) is 1. The molecular weight excluding hydrogens is 314 g/mol. The number of nitrogens with zero attached hydrogens (tertiary/aromatic N) is 2. The van der Waals surface area contributed by atoms with Crippen LogP contribution in [-0.4, -0.2) is 30.4 Å². The van der Waals surface area contributed by atoms with Crippen molar-refractivity contribution in [2.24, 2.45) is 4.99 Å². The first-order valence-corrected chi connectivity index (χ1v) is 7.54. The highest BCUT2D eigenvalue weighted by Crippen LogP contribution is 2.22. The van der Waals surface area contributed by atoms with Gasteiger partial charge in [0.15, 0.2) is 0 Å². The second kappa shape index (κ2) is 6.71. The predicted molar refractivity (Wildman–Crippen MR) is 90.9 cm³/mol. The lowest BCUT2D eigenvalue weighted by Gasteiger charge is -2.20. The zero-order valence-electron chi connectivity index (χ0n) is 12.6. The Labute approximate surface area is 139 Å². The Hall–Kier alpha value is -2.53. The van der Waals surface area contributed by atoms with Gasteiger partial charge in [0.05, 0.1) is 24.4 Å². The molecular formula is C17H16ClN3O2. The van der Waals surface area contributed by atoms with Gasteiger partial charge in [0, 0.05) is 0 Å². The lowest BCUT2D eigenvalue weighted by atomic mass is 10.2. The molecule has 118 valence electrons. The van der Waals surface area contributed by atoms with Crippen LogP contribution in [0.2, 0.25) is 5.02 Å². The third-order valence-electron chi connectivity index (χ3n) is 3.54. The summed E-state index contributed by atoms with van der Waals surface area (Å²) < 4.78 is 5.14. The molecule has 23 heavy (non-hydrogen) atoms. The summed E-state index contributed by atoms with van der Waals surface area (Å²) in [5.41, 5.74) is 1.72. The van der Waals surface area contributed by atoms with Gasteiger partial charge >= 0.3 is 0 Å². The number of benzene rings is 2. The summed E-state index contributed by atoms with van der Waals surface area (Å²) >= 11 is 6.15. The number of rotatable bonds is 4. The quantitative estimate of drug-likeness (QED) is 0.937. The van der Waals surface area contributed by atoms with E-state index in [0.29, 0.717) is 17.5 Å². The summed E-state index contributed by atoms with van der Waals surface area (Å²) in [5, 5.41) is 3.71. The molecule has 0 atom stereocenters. The van der Waals surface area contributed by atoms with Gasteiger partial charge in [0.2, 0.25) is 5.96 Å². The first kappa shape index (κ1) is 15.4. The molecule has 1 heterocycles. The average molecular weight is 330 g/mol. The smallest absolute Gasteiger partial charge is 0.251 e. The standard InChI is InChI=1S/C17H16ClN3O2/c1-23-13-8-6-12(7-9-13)11-21-16(22)10-19-17(21)20-15-5-3-2-4-14(15)18/h2-9H,10-11H2,1H3,(H,19,20). The van der Waals surface area contributed by atoms with Crippen LogP contribution in [0.3, 0.4) is 0 Å². The molecule has 0 spiro atoms. The zero-order valence-corrected chi connectivity index (χ0v) is 13.4. The normalized spacial score (nSPS) is 13.9. The molecule has 0 aromatic heterocycles. The maximum atomic E-state index is 12.1. The number of anilines is 1. The number of hydrogen-bond acceptors (Lipinski definition) is 4. The van der Waals surface area contributed by atoms with Gasteiger partial charge in [-0.25, -0.2) is 4.99 Å². The molecule has 2 aromatic carbocycles. The van der Waals surface area contributed by atoms with E-state index in [2.05, 4.69) is 10.3 Å². The van der Waals surface area contributed by atoms with Crippen LogP contribution in [0.4, 0.5) is 5.69 Å². The summed E-state index contributed by atoms with van der Waals surface area (Å²) in [6.45, 7) is 0.585. The molecule has 5 nitrogen and oxygen atoms in total. The van der Waals surface area contributed by atoms with Crippen molar-refractivity contribution in [1.82, 2.24) is 4.90 Å². The third kappa shape index (κ3) is 3.46. The molecule has 1 amide bonds. The Balaban J connectivity index is 1.75. The van der Waals surface area contributed by atoms with Crippen molar-refractivity contribution in [3.05, 3.63) is 59.1 Å². The van der Waals surface area contributed by atoms with Gasteiger partial charge in [0.25, 0.3) is 5.91 Å². The van der Waals surface area contributed by atoms with Gasteiger partial charge in [-0.2, -0.15) is 0 Å². The number of nitrogens with one attached hydrogen (secondary N) is 1. The van der Waals surface area contributed by atoms with Crippen LogP contribution in [0.25, 0.3) is 0 Å². The number of halogens is 1. The minimum atomic E-state index is -0.0460. The maximum absolute atomic E-state index is 12.1. The number of methoxy groups -OCH3 is 1. The van der Waals surface area contributed by atoms with Crippen molar-refractivity contribution in [3.8, 4) is 5.75 Å². The fraction of sp³-hybridized carbons (Fsp3) is 0.176. The predicted octanol–water partition coefficient (Wildman–Crippen LogP) is 3.16. The molecule has 0 fully saturated rings. The number of guanidine groups is 1. The molecule has 0 radical (unpaired) electrons. The Bertz CT molecular complexity index is 744. The molecule has 0 aliphatic carbocycles. The SMILES string of the molecule is COc1ccc(CN2C(=O)CN=C2Nc2ccccc2Cl)cc1. The Kier molecular flexibility index (Phi) is 4.48. The summed E-state index contributed by atoms with van der Waals surface area (Å²) in [6, 6.07) is 15.0. The molecule has 3 rings (SSSR count). The van der Waals surface area contributed by atoms with E-state index < -0.39 is 0 Å². The Morgan fingerprint density at radius 1 is 1.22 bits per heavy atom. The van der Waals surface area contributed by atoms with E-state index in [1.165, 1.54) is 0 Å². The molecule has 0 saturated heterocycles. The number of carbonyl (C=O) groups is 1. The van der Waals surface area contributed by atoms with Gasteiger partial charge in [0.1, 0.15) is 12.3 Å². The van der Waals surface area contributed by atoms with Crippen LogP contribution in [0, 0.1) is 0 Å². The summed E-state index contributed by atoms with van der Waals surface area (Å²) in [7, 11) is 1.62. The first-order valence-electron chi connectivity index (χ1n) is 7.16. The van der Waals surface area contributed by atoms with Crippen molar-refractivity contribution in [1.29, 1.82) is 0 Å². The van der Waals surface area contributed by atoms with Crippen molar-refractivity contribution in [2.45, 2.75) is 6.54 Å². The fourth-order valence-electron chi connectivity index (χ4n) is 2.30. The van der Waals surface area contributed by atoms with Gasteiger partial charge in [-0.3, -0.25) is 9.69 Å². The minimum Gasteiger partial charge on any atom is -0.497 e. The second-order valence-electron chi connectivity index (χ2n) is 5.07. The lowest BCUT2D eigenvalue weighted by Crippen LogP contribution is -2.36. The van der Waals surface area contributed by atoms with Gasteiger partial charge in [-0.1, -0.05) is 35.9 Å². The van der Waals surface area contributed by atoms with Crippen LogP contribution in [0.1, 0.15) is 5.56 Å².